The van der Waals surface area contributed by atoms with Crippen LogP contribution in [0.15, 0.2) is 24.5 Å². The van der Waals surface area contributed by atoms with Gasteiger partial charge >= 0.3 is 0 Å². The molecule has 5 nitrogen and oxygen atoms in total. The molecule has 2 aromatic heterocycles. The minimum Gasteiger partial charge on any atom is -0.393 e. The van der Waals surface area contributed by atoms with Crippen molar-refractivity contribution in [2.24, 2.45) is 0 Å². The molecule has 98 valence electrons. The lowest BCUT2D eigenvalue weighted by molar-refractivity contribution is 0.126. The van der Waals surface area contributed by atoms with E-state index in [-0.39, 0.29) is 6.10 Å². The molecule has 0 aliphatic heterocycles. The lowest BCUT2D eigenvalue weighted by Crippen LogP contribution is -2.28. The average Bonchev–Trinajstić information content (AvgIpc) is 2.90. The van der Waals surface area contributed by atoms with Gasteiger partial charge in [0.05, 0.1) is 29.1 Å². The van der Waals surface area contributed by atoms with Gasteiger partial charge in [-0.3, -0.25) is 0 Å². The van der Waals surface area contributed by atoms with Crippen molar-refractivity contribution in [3.63, 3.8) is 0 Å². The summed E-state index contributed by atoms with van der Waals surface area (Å²) < 4.78 is 1.76. The molecule has 0 unspecified atom stereocenters. The zero-order valence-electron chi connectivity index (χ0n) is 10.6. The summed E-state index contributed by atoms with van der Waals surface area (Å²) in [5.74, 6) is 0. The third-order valence-electron chi connectivity index (χ3n) is 3.73. The highest BCUT2D eigenvalue weighted by molar-refractivity contribution is 5.77. The molecule has 0 spiro atoms. The van der Waals surface area contributed by atoms with Crippen LogP contribution in [-0.4, -0.2) is 26.9 Å². The number of aliphatic hydroxyl groups is 1. The number of fused-ring (bicyclic) bond motifs is 1. The second-order valence-electron chi connectivity index (χ2n) is 5.03. The first kappa shape index (κ1) is 12.0. The number of rotatable bonds is 2. The van der Waals surface area contributed by atoms with Gasteiger partial charge in [0.2, 0.25) is 0 Å². The Morgan fingerprint density at radius 2 is 2.16 bits per heavy atom. The Hall–Kier alpha value is -2.06. The molecule has 1 saturated carbocycles. The number of anilines is 1. The van der Waals surface area contributed by atoms with Crippen LogP contribution < -0.4 is 5.32 Å². The molecular weight excluding hydrogens is 240 g/mol. The summed E-state index contributed by atoms with van der Waals surface area (Å²) in [7, 11) is 0. The maximum atomic E-state index is 9.54. The molecule has 2 aromatic rings. The number of nitriles is 1. The topological polar surface area (TPSA) is 73.4 Å². The molecule has 0 radical (unpaired) electrons. The normalized spacial score (nSPS) is 23.2. The van der Waals surface area contributed by atoms with E-state index < -0.39 is 0 Å². The second-order valence-corrected chi connectivity index (χ2v) is 5.03. The van der Waals surface area contributed by atoms with Gasteiger partial charge in [-0.1, -0.05) is 0 Å². The van der Waals surface area contributed by atoms with Crippen molar-refractivity contribution in [2.75, 3.05) is 5.32 Å². The van der Waals surface area contributed by atoms with Crippen LogP contribution in [0.4, 0.5) is 5.69 Å². The Bertz CT molecular complexity index is 620. The third-order valence-corrected chi connectivity index (χ3v) is 3.73. The lowest BCUT2D eigenvalue weighted by atomic mass is 9.93. The van der Waals surface area contributed by atoms with Gasteiger partial charge in [0.1, 0.15) is 6.07 Å². The van der Waals surface area contributed by atoms with E-state index in [1.54, 1.807) is 10.7 Å². The molecule has 0 atom stereocenters. The monoisotopic (exact) mass is 256 g/mol. The summed E-state index contributed by atoms with van der Waals surface area (Å²) in [5.41, 5.74) is 2.34. The Morgan fingerprint density at radius 1 is 1.37 bits per heavy atom. The van der Waals surface area contributed by atoms with Crippen molar-refractivity contribution in [3.05, 3.63) is 30.1 Å². The van der Waals surface area contributed by atoms with Crippen molar-refractivity contribution in [1.82, 2.24) is 9.61 Å². The molecule has 0 bridgehead atoms. The first-order valence-corrected chi connectivity index (χ1v) is 6.59. The SMILES string of the molecule is N#Cc1cnn2cccc2c1NC1CCC(O)CC1. The average molecular weight is 256 g/mol. The molecule has 5 heteroatoms. The number of nitrogens with zero attached hydrogens (tertiary/aromatic N) is 3. The van der Waals surface area contributed by atoms with Crippen LogP contribution in [0, 0.1) is 11.3 Å². The smallest absolute Gasteiger partial charge is 0.103 e. The Morgan fingerprint density at radius 3 is 2.89 bits per heavy atom. The van der Waals surface area contributed by atoms with Crippen LogP contribution in [-0.2, 0) is 0 Å². The third kappa shape index (κ3) is 2.27. The summed E-state index contributed by atoms with van der Waals surface area (Å²) >= 11 is 0. The zero-order valence-corrected chi connectivity index (χ0v) is 10.6. The molecule has 1 aliphatic rings. The van der Waals surface area contributed by atoms with E-state index in [2.05, 4.69) is 16.5 Å². The molecule has 1 aliphatic carbocycles. The summed E-state index contributed by atoms with van der Waals surface area (Å²) in [5, 5.41) is 26.4. The molecule has 0 saturated heterocycles. The van der Waals surface area contributed by atoms with Crippen molar-refractivity contribution < 1.29 is 5.11 Å². The molecule has 2 heterocycles. The predicted molar refractivity (Wildman–Crippen MR) is 71.8 cm³/mol. The number of hydrogen-bond acceptors (Lipinski definition) is 4. The largest absolute Gasteiger partial charge is 0.393 e. The van der Waals surface area contributed by atoms with Crippen LogP contribution in [0.1, 0.15) is 31.2 Å². The van der Waals surface area contributed by atoms with Crippen LogP contribution in [0.25, 0.3) is 5.52 Å². The van der Waals surface area contributed by atoms with Gasteiger partial charge in [-0.05, 0) is 37.8 Å². The second kappa shape index (κ2) is 4.90. The van der Waals surface area contributed by atoms with E-state index in [1.165, 1.54) is 0 Å². The quantitative estimate of drug-likeness (QED) is 0.861. The molecule has 3 rings (SSSR count). The van der Waals surface area contributed by atoms with Gasteiger partial charge in [0, 0.05) is 12.2 Å². The molecule has 0 aromatic carbocycles. The first-order valence-electron chi connectivity index (χ1n) is 6.59. The van der Waals surface area contributed by atoms with Crippen LogP contribution in [0.2, 0.25) is 0 Å². The van der Waals surface area contributed by atoms with Crippen molar-refractivity contribution >= 4 is 11.2 Å². The Kier molecular flexibility index (Phi) is 3.10. The number of aromatic nitrogens is 2. The first-order chi connectivity index (χ1) is 9.28. The van der Waals surface area contributed by atoms with E-state index in [1.807, 2.05) is 18.3 Å². The van der Waals surface area contributed by atoms with Gasteiger partial charge < -0.3 is 10.4 Å². The summed E-state index contributed by atoms with van der Waals surface area (Å²) in [6.45, 7) is 0. The van der Waals surface area contributed by atoms with E-state index in [0.717, 1.165) is 36.9 Å². The number of nitrogens with one attached hydrogen (secondary N) is 1. The van der Waals surface area contributed by atoms with Gasteiger partial charge in [0.15, 0.2) is 0 Å². The van der Waals surface area contributed by atoms with Gasteiger partial charge in [-0.2, -0.15) is 10.4 Å². The molecule has 2 N–H and O–H groups in total. The van der Waals surface area contributed by atoms with E-state index in [9.17, 15) is 10.4 Å². The summed E-state index contributed by atoms with van der Waals surface area (Å²) in [6.07, 6.45) is 6.80. The van der Waals surface area contributed by atoms with E-state index in [4.69, 9.17) is 0 Å². The fourth-order valence-electron chi connectivity index (χ4n) is 2.65. The summed E-state index contributed by atoms with van der Waals surface area (Å²) in [4.78, 5) is 0. The Balaban J connectivity index is 1.91. The van der Waals surface area contributed by atoms with Crippen LogP contribution in [0.5, 0.6) is 0 Å². The molecule has 1 fully saturated rings. The minimum atomic E-state index is -0.167. The summed E-state index contributed by atoms with van der Waals surface area (Å²) in [6, 6.07) is 6.37. The maximum Gasteiger partial charge on any atom is 0.103 e. The highest BCUT2D eigenvalue weighted by atomic mass is 16.3. The lowest BCUT2D eigenvalue weighted by Gasteiger charge is -2.27. The number of hydrogen-bond donors (Lipinski definition) is 2. The highest BCUT2D eigenvalue weighted by Crippen LogP contribution is 2.26. The van der Waals surface area contributed by atoms with Gasteiger partial charge in [-0.15, -0.1) is 0 Å². The van der Waals surface area contributed by atoms with E-state index in [0.29, 0.717) is 11.6 Å². The van der Waals surface area contributed by atoms with Gasteiger partial charge in [0.25, 0.3) is 0 Å². The van der Waals surface area contributed by atoms with Crippen LogP contribution >= 0.6 is 0 Å². The predicted octanol–water partition coefficient (Wildman–Crippen LogP) is 1.92. The van der Waals surface area contributed by atoms with Crippen molar-refractivity contribution in [2.45, 2.75) is 37.8 Å². The van der Waals surface area contributed by atoms with Gasteiger partial charge in [-0.25, -0.2) is 4.52 Å². The highest BCUT2D eigenvalue weighted by Gasteiger charge is 2.21. The standard InChI is InChI=1S/C14H16N4O/c15-8-10-9-16-18-7-1-2-13(18)14(10)17-11-3-5-12(19)6-4-11/h1-2,7,9,11-12,17,19H,3-6H2. The van der Waals surface area contributed by atoms with E-state index >= 15 is 0 Å². The van der Waals surface area contributed by atoms with Crippen molar-refractivity contribution in [1.29, 1.82) is 5.26 Å². The zero-order chi connectivity index (χ0) is 13.2. The van der Waals surface area contributed by atoms with Crippen molar-refractivity contribution in [3.8, 4) is 6.07 Å². The maximum absolute atomic E-state index is 9.54. The molecule has 0 amide bonds. The molecule has 19 heavy (non-hydrogen) atoms. The Labute approximate surface area is 111 Å². The number of aliphatic hydroxyl groups excluding tert-OH is 1. The molecular formula is C14H16N4O. The fraction of sp³-hybridized carbons (Fsp3) is 0.429. The van der Waals surface area contributed by atoms with Crippen LogP contribution in [0.3, 0.4) is 0 Å². The fourth-order valence-corrected chi connectivity index (χ4v) is 2.65. The minimum absolute atomic E-state index is 0.167.